The molecule has 2 nitrogen and oxygen atoms in total. The van der Waals surface area contributed by atoms with Crippen LogP contribution in [0.25, 0.3) is 0 Å². The minimum Gasteiger partial charge on any atom is -0.296 e. The lowest BCUT2D eigenvalue weighted by Crippen LogP contribution is -2.35. The number of hydrazone groups is 1. The molecule has 58 valence electrons. The van der Waals surface area contributed by atoms with E-state index in [0.717, 1.165) is 6.42 Å². The fraction of sp³-hybridized carbons (Fsp3) is 0.875. The quantitative estimate of drug-likeness (QED) is 0.500. The predicted molar refractivity (Wildman–Crippen MR) is 44.1 cm³/mol. The van der Waals surface area contributed by atoms with Gasteiger partial charge in [-0.15, -0.1) is 0 Å². The second kappa shape index (κ2) is 2.26. The van der Waals surface area contributed by atoms with Gasteiger partial charge in [0, 0.05) is 19.7 Å². The van der Waals surface area contributed by atoms with Gasteiger partial charge >= 0.3 is 0 Å². The van der Waals surface area contributed by atoms with Gasteiger partial charge in [0.15, 0.2) is 0 Å². The van der Waals surface area contributed by atoms with Crippen molar-refractivity contribution in [2.75, 3.05) is 7.05 Å². The van der Waals surface area contributed by atoms with Gasteiger partial charge in [-0.05, 0) is 5.41 Å². The molecule has 0 fully saturated rings. The lowest BCUT2D eigenvalue weighted by molar-refractivity contribution is 0.153. The Balaban J connectivity index is 2.60. The van der Waals surface area contributed by atoms with Crippen molar-refractivity contribution < 1.29 is 0 Å². The number of hydrogen-bond donors (Lipinski definition) is 0. The Kier molecular flexibility index (Phi) is 1.71. The SMILES string of the molecule is CN1N=CC[C@@H]1C(C)(C)C. The lowest BCUT2D eigenvalue weighted by atomic mass is 9.85. The normalized spacial score (nSPS) is 26.0. The van der Waals surface area contributed by atoms with Crippen molar-refractivity contribution in [2.45, 2.75) is 33.2 Å². The maximum Gasteiger partial charge on any atom is 0.0565 e. The predicted octanol–water partition coefficient (Wildman–Crippen LogP) is 1.72. The standard InChI is InChI=1S/C8H16N2/c1-8(2,3)7-5-6-9-10(7)4/h6-7H,5H2,1-4H3/t7-/m1/s1. The highest BCUT2D eigenvalue weighted by Gasteiger charge is 2.29. The second-order valence-corrected chi connectivity index (χ2v) is 3.99. The van der Waals surface area contributed by atoms with Crippen LogP contribution in [0.1, 0.15) is 27.2 Å². The van der Waals surface area contributed by atoms with Crippen molar-refractivity contribution in [3.63, 3.8) is 0 Å². The molecule has 0 aromatic heterocycles. The summed E-state index contributed by atoms with van der Waals surface area (Å²) in [6.45, 7) is 6.76. The van der Waals surface area contributed by atoms with Crippen LogP contribution in [0.15, 0.2) is 5.10 Å². The molecule has 0 unspecified atom stereocenters. The van der Waals surface area contributed by atoms with Crippen LogP contribution < -0.4 is 0 Å². The van der Waals surface area contributed by atoms with E-state index in [1.807, 2.05) is 13.3 Å². The smallest absolute Gasteiger partial charge is 0.0565 e. The van der Waals surface area contributed by atoms with Crippen LogP contribution in [0.2, 0.25) is 0 Å². The summed E-state index contributed by atoms with van der Waals surface area (Å²) in [5.74, 6) is 0. The van der Waals surface area contributed by atoms with Gasteiger partial charge in [-0.2, -0.15) is 5.10 Å². The molecule has 0 saturated carbocycles. The molecule has 0 aromatic carbocycles. The molecule has 1 heterocycles. The molecule has 0 radical (unpaired) electrons. The number of hydrogen-bond acceptors (Lipinski definition) is 2. The Labute approximate surface area is 62.9 Å². The average Bonchev–Trinajstić information content (AvgIpc) is 2.11. The lowest BCUT2D eigenvalue weighted by Gasteiger charge is -2.31. The molecule has 0 aliphatic carbocycles. The van der Waals surface area contributed by atoms with Crippen molar-refractivity contribution in [3.05, 3.63) is 0 Å². The minimum absolute atomic E-state index is 0.352. The Hall–Kier alpha value is -0.530. The first-order valence-corrected chi connectivity index (χ1v) is 3.77. The summed E-state index contributed by atoms with van der Waals surface area (Å²) >= 11 is 0. The van der Waals surface area contributed by atoms with Crippen molar-refractivity contribution in [2.24, 2.45) is 10.5 Å². The average molecular weight is 140 g/mol. The molecule has 0 saturated heterocycles. The highest BCUT2D eigenvalue weighted by atomic mass is 15.5. The molecule has 0 aromatic rings. The first kappa shape index (κ1) is 7.58. The van der Waals surface area contributed by atoms with Gasteiger partial charge < -0.3 is 0 Å². The van der Waals surface area contributed by atoms with Crippen LogP contribution in [0.4, 0.5) is 0 Å². The topological polar surface area (TPSA) is 15.6 Å². The van der Waals surface area contributed by atoms with Crippen LogP contribution in [0.5, 0.6) is 0 Å². The van der Waals surface area contributed by atoms with Crippen LogP contribution in [-0.4, -0.2) is 24.3 Å². The minimum atomic E-state index is 0.352. The summed E-state index contributed by atoms with van der Waals surface area (Å²) < 4.78 is 0. The molecule has 1 aliphatic heterocycles. The Morgan fingerprint density at radius 3 is 2.30 bits per heavy atom. The molecule has 1 rings (SSSR count). The highest BCUT2D eigenvalue weighted by Crippen LogP contribution is 2.27. The zero-order valence-corrected chi connectivity index (χ0v) is 7.26. The number of nitrogens with zero attached hydrogens (tertiary/aromatic N) is 2. The molecule has 1 aliphatic rings. The summed E-state index contributed by atoms with van der Waals surface area (Å²) in [6, 6.07) is 0.590. The van der Waals surface area contributed by atoms with Crippen LogP contribution in [-0.2, 0) is 0 Å². The van der Waals surface area contributed by atoms with Crippen molar-refractivity contribution in [1.29, 1.82) is 0 Å². The Morgan fingerprint density at radius 2 is 2.10 bits per heavy atom. The van der Waals surface area contributed by atoms with Gasteiger partial charge in [0.2, 0.25) is 0 Å². The van der Waals surface area contributed by atoms with Crippen molar-refractivity contribution in [1.82, 2.24) is 5.01 Å². The molecule has 10 heavy (non-hydrogen) atoms. The molecule has 1 atom stereocenters. The Bertz CT molecular complexity index is 144. The van der Waals surface area contributed by atoms with Gasteiger partial charge in [0.25, 0.3) is 0 Å². The third-order valence-corrected chi connectivity index (χ3v) is 2.04. The van der Waals surface area contributed by atoms with E-state index >= 15 is 0 Å². The zero-order valence-electron chi connectivity index (χ0n) is 7.26. The van der Waals surface area contributed by atoms with Crippen LogP contribution >= 0.6 is 0 Å². The number of rotatable bonds is 0. The third-order valence-electron chi connectivity index (χ3n) is 2.04. The summed E-state index contributed by atoms with van der Waals surface area (Å²) in [7, 11) is 2.04. The van der Waals surface area contributed by atoms with Gasteiger partial charge in [0.05, 0.1) is 6.04 Å². The molecular formula is C8H16N2. The van der Waals surface area contributed by atoms with E-state index in [0.29, 0.717) is 11.5 Å². The molecule has 0 bridgehead atoms. The fourth-order valence-corrected chi connectivity index (χ4v) is 1.42. The van der Waals surface area contributed by atoms with E-state index < -0.39 is 0 Å². The third kappa shape index (κ3) is 1.31. The van der Waals surface area contributed by atoms with E-state index in [-0.39, 0.29) is 0 Å². The van der Waals surface area contributed by atoms with E-state index in [1.165, 1.54) is 0 Å². The first-order valence-electron chi connectivity index (χ1n) is 3.77. The van der Waals surface area contributed by atoms with Gasteiger partial charge in [-0.1, -0.05) is 20.8 Å². The highest BCUT2D eigenvalue weighted by molar-refractivity contribution is 5.60. The first-order chi connectivity index (χ1) is 4.52. The monoisotopic (exact) mass is 140 g/mol. The zero-order chi connectivity index (χ0) is 7.78. The molecule has 2 heteroatoms. The maximum absolute atomic E-state index is 4.19. The summed E-state index contributed by atoms with van der Waals surface area (Å²) in [5, 5.41) is 6.25. The molecule has 0 spiro atoms. The van der Waals surface area contributed by atoms with E-state index in [2.05, 4.69) is 30.9 Å². The Morgan fingerprint density at radius 1 is 1.50 bits per heavy atom. The van der Waals surface area contributed by atoms with E-state index in [9.17, 15) is 0 Å². The molecule has 0 N–H and O–H groups in total. The van der Waals surface area contributed by atoms with Crippen LogP contribution in [0.3, 0.4) is 0 Å². The van der Waals surface area contributed by atoms with Gasteiger partial charge in [0.1, 0.15) is 0 Å². The van der Waals surface area contributed by atoms with E-state index in [1.54, 1.807) is 0 Å². The molecular weight excluding hydrogens is 124 g/mol. The van der Waals surface area contributed by atoms with E-state index in [4.69, 9.17) is 0 Å². The summed E-state index contributed by atoms with van der Waals surface area (Å²) in [6.07, 6.45) is 3.09. The van der Waals surface area contributed by atoms with Gasteiger partial charge in [-0.25, -0.2) is 0 Å². The summed E-state index contributed by atoms with van der Waals surface area (Å²) in [5.41, 5.74) is 0.352. The van der Waals surface area contributed by atoms with Gasteiger partial charge in [-0.3, -0.25) is 5.01 Å². The summed E-state index contributed by atoms with van der Waals surface area (Å²) in [4.78, 5) is 0. The second-order valence-electron chi connectivity index (χ2n) is 3.99. The van der Waals surface area contributed by atoms with Crippen molar-refractivity contribution >= 4 is 6.21 Å². The van der Waals surface area contributed by atoms with Crippen molar-refractivity contribution in [3.8, 4) is 0 Å². The van der Waals surface area contributed by atoms with Crippen LogP contribution in [0, 0.1) is 5.41 Å². The fourth-order valence-electron chi connectivity index (χ4n) is 1.42. The molecule has 0 amide bonds. The largest absolute Gasteiger partial charge is 0.296 e. The maximum atomic E-state index is 4.19.